The van der Waals surface area contributed by atoms with Crippen LogP contribution in [0.1, 0.15) is 69.3 Å². The van der Waals surface area contributed by atoms with Crippen molar-refractivity contribution in [2.75, 3.05) is 24.6 Å². The van der Waals surface area contributed by atoms with Gasteiger partial charge in [0, 0.05) is 52.6 Å². The minimum absolute atomic E-state index is 0.161. The van der Waals surface area contributed by atoms with E-state index < -0.39 is 5.41 Å². The Morgan fingerprint density at radius 3 is 2.61 bits per heavy atom. The van der Waals surface area contributed by atoms with Gasteiger partial charge in [-0.15, -0.1) is 0 Å². The van der Waals surface area contributed by atoms with Crippen LogP contribution in [0.2, 0.25) is 0 Å². The highest BCUT2D eigenvalue weighted by atomic mass is 16.5. The van der Waals surface area contributed by atoms with Gasteiger partial charge in [0.25, 0.3) is 0 Å². The van der Waals surface area contributed by atoms with Gasteiger partial charge in [-0.1, -0.05) is 39.8 Å². The maximum absolute atomic E-state index is 13.1. The highest BCUT2D eigenvalue weighted by Crippen LogP contribution is 2.31. The number of aromatic nitrogens is 1. The summed E-state index contributed by atoms with van der Waals surface area (Å²) in [7, 11) is 0. The zero-order valence-corrected chi connectivity index (χ0v) is 19.3. The van der Waals surface area contributed by atoms with Gasteiger partial charge in [-0.05, 0) is 55.0 Å². The maximum atomic E-state index is 13.1. The normalized spacial score (nSPS) is 16.1. The molecule has 0 atom stereocenters. The lowest BCUT2D eigenvalue weighted by Gasteiger charge is -2.20. The number of Topliss-reactive ketones (excluding diaryl/α,β-unsaturated/α-hetero) is 1. The molecule has 4 rings (SSSR count). The number of ether oxygens (including phenoxy) is 1. The Kier molecular flexibility index (Phi) is 6.08. The number of hydrogen-bond acceptors (Lipinski definition) is 3. The summed E-state index contributed by atoms with van der Waals surface area (Å²) < 4.78 is 6.04. The Hall–Kier alpha value is -2.75. The molecule has 1 N–H and O–H groups in total. The first-order valence-corrected chi connectivity index (χ1v) is 11.5. The number of hydrogen-bond donors (Lipinski definition) is 1. The molecule has 1 aliphatic heterocycles. The van der Waals surface area contributed by atoms with E-state index in [0.717, 1.165) is 58.9 Å². The van der Waals surface area contributed by atoms with E-state index in [-0.39, 0.29) is 5.78 Å². The number of carbonyl (C=O) groups is 1. The third-order valence-corrected chi connectivity index (χ3v) is 6.01. The number of fused-ring (bicyclic) bond motifs is 1. The molecule has 4 heteroatoms. The number of anilines is 1. The van der Waals surface area contributed by atoms with Crippen molar-refractivity contribution in [2.45, 2.75) is 53.4 Å². The molecule has 0 radical (unpaired) electrons. The molecule has 1 saturated heterocycles. The molecule has 1 fully saturated rings. The van der Waals surface area contributed by atoms with Crippen LogP contribution < -0.4 is 20.2 Å². The van der Waals surface area contributed by atoms with Crippen LogP contribution in [0, 0.1) is 5.41 Å². The topological polar surface area (TPSA) is 45.3 Å². The molecule has 1 aromatic heterocycles. The fraction of sp³-hybridized carbons (Fsp3) is 0.444. The molecule has 4 nitrogen and oxygen atoms in total. The molecule has 0 amide bonds. The van der Waals surface area contributed by atoms with Crippen molar-refractivity contribution in [3.8, 4) is 5.75 Å². The van der Waals surface area contributed by atoms with E-state index in [1.165, 1.54) is 18.5 Å². The number of benzene rings is 1. The molecule has 164 valence electrons. The monoisotopic (exact) mass is 418 g/mol. The summed E-state index contributed by atoms with van der Waals surface area (Å²) in [6.07, 6.45) is 12.7. The van der Waals surface area contributed by atoms with Crippen LogP contribution in [0.25, 0.3) is 17.7 Å². The molecule has 31 heavy (non-hydrogen) atoms. The number of aromatic amines is 1. The fourth-order valence-corrected chi connectivity index (χ4v) is 4.30. The zero-order chi connectivity index (χ0) is 22.0. The number of allylic oxidation sites excluding steroid dienone is 2. The first-order valence-electron chi connectivity index (χ1n) is 11.5. The molecule has 1 aromatic carbocycles. The van der Waals surface area contributed by atoms with Gasteiger partial charge < -0.3 is 14.6 Å². The van der Waals surface area contributed by atoms with Gasteiger partial charge in [-0.2, -0.15) is 0 Å². The molecule has 0 bridgehead atoms. The van der Waals surface area contributed by atoms with Crippen molar-refractivity contribution in [3.63, 3.8) is 0 Å². The van der Waals surface area contributed by atoms with Crippen molar-refractivity contribution in [1.82, 2.24) is 4.98 Å². The highest BCUT2D eigenvalue weighted by molar-refractivity contribution is 6.02. The third kappa shape index (κ3) is 4.63. The lowest BCUT2D eigenvalue weighted by atomic mass is 9.86. The van der Waals surface area contributed by atoms with Crippen LogP contribution in [-0.4, -0.2) is 30.5 Å². The predicted molar refractivity (Wildman–Crippen MR) is 129 cm³/mol. The molecule has 2 aliphatic rings. The Morgan fingerprint density at radius 1 is 1.13 bits per heavy atom. The molecule has 2 heterocycles. The Balaban J connectivity index is 1.79. The van der Waals surface area contributed by atoms with Gasteiger partial charge in [0.05, 0.1) is 6.61 Å². The van der Waals surface area contributed by atoms with Crippen LogP contribution in [0.3, 0.4) is 0 Å². The minimum atomic E-state index is -0.420. The number of ketones is 1. The Bertz CT molecular complexity index is 1110. The lowest BCUT2D eigenvalue weighted by Crippen LogP contribution is -2.31. The quantitative estimate of drug-likeness (QED) is 0.693. The molecule has 1 aliphatic carbocycles. The summed E-state index contributed by atoms with van der Waals surface area (Å²) >= 11 is 0. The summed E-state index contributed by atoms with van der Waals surface area (Å²) in [6, 6.07) is 6.58. The van der Waals surface area contributed by atoms with Gasteiger partial charge in [0.1, 0.15) is 5.75 Å². The Morgan fingerprint density at radius 2 is 1.90 bits per heavy atom. The lowest BCUT2D eigenvalue weighted by molar-refractivity contribution is 0.0857. The number of carbonyl (C=O) groups excluding carboxylic acids is 1. The second kappa shape index (κ2) is 8.78. The number of H-pyrrole nitrogens is 1. The van der Waals surface area contributed by atoms with Crippen molar-refractivity contribution < 1.29 is 9.53 Å². The summed E-state index contributed by atoms with van der Waals surface area (Å²) in [5.74, 6) is 1.08. The number of nitrogens with one attached hydrogen (secondary N) is 1. The van der Waals surface area contributed by atoms with Gasteiger partial charge in [0.15, 0.2) is 5.78 Å². The average Bonchev–Trinajstić information content (AvgIpc) is 3.36. The van der Waals surface area contributed by atoms with E-state index in [2.05, 4.69) is 53.2 Å². The second-order valence-corrected chi connectivity index (χ2v) is 9.61. The summed E-state index contributed by atoms with van der Waals surface area (Å²) in [6.45, 7) is 11.0. The third-order valence-electron chi connectivity index (χ3n) is 6.01. The van der Waals surface area contributed by atoms with Crippen molar-refractivity contribution >= 4 is 29.2 Å². The summed E-state index contributed by atoms with van der Waals surface area (Å²) in [5.41, 5.74) is 3.86. The molecule has 0 unspecified atom stereocenters. The van der Waals surface area contributed by atoms with Crippen LogP contribution in [0.15, 0.2) is 30.5 Å². The minimum Gasteiger partial charge on any atom is -0.494 e. The van der Waals surface area contributed by atoms with Gasteiger partial charge in [0.2, 0.25) is 0 Å². The second-order valence-electron chi connectivity index (χ2n) is 9.61. The van der Waals surface area contributed by atoms with Gasteiger partial charge in [-0.25, -0.2) is 0 Å². The van der Waals surface area contributed by atoms with E-state index >= 15 is 0 Å². The molecule has 0 spiro atoms. The highest BCUT2D eigenvalue weighted by Gasteiger charge is 2.25. The average molecular weight is 419 g/mol. The summed E-state index contributed by atoms with van der Waals surface area (Å²) in [4.78, 5) is 18.8. The van der Waals surface area contributed by atoms with E-state index in [0.29, 0.717) is 6.61 Å². The maximum Gasteiger partial charge on any atom is 0.170 e. The fourth-order valence-electron chi connectivity index (χ4n) is 4.30. The summed E-state index contributed by atoms with van der Waals surface area (Å²) in [5, 5.41) is 2.02. The smallest absolute Gasteiger partial charge is 0.170 e. The number of rotatable bonds is 6. The van der Waals surface area contributed by atoms with E-state index in [1.54, 1.807) is 0 Å². The standard InChI is InChI=1S/C27H34N2O2/c1-5-13-31-22-15-20(14-21(17-22)29-11-6-7-12-29)19-9-8-10-25-23(16-19)24(18-28-25)26(30)27(2,3)4/h9-10,14-18,28H,5-8,11-13H2,1-4H3. The first-order chi connectivity index (χ1) is 14.9. The molecular formula is C27H34N2O2. The zero-order valence-electron chi connectivity index (χ0n) is 19.3. The van der Waals surface area contributed by atoms with Crippen molar-refractivity contribution in [2.24, 2.45) is 5.41 Å². The molecule has 0 saturated carbocycles. The number of nitrogens with zero attached hydrogens (tertiary/aromatic N) is 1. The van der Waals surface area contributed by atoms with E-state index in [9.17, 15) is 4.79 Å². The molecular weight excluding hydrogens is 384 g/mol. The van der Waals surface area contributed by atoms with Gasteiger partial charge >= 0.3 is 0 Å². The van der Waals surface area contributed by atoms with E-state index in [4.69, 9.17) is 4.74 Å². The van der Waals surface area contributed by atoms with Crippen molar-refractivity contribution in [1.29, 1.82) is 0 Å². The van der Waals surface area contributed by atoms with Crippen LogP contribution in [-0.2, 0) is 0 Å². The van der Waals surface area contributed by atoms with Crippen molar-refractivity contribution in [3.05, 3.63) is 52.2 Å². The van der Waals surface area contributed by atoms with E-state index in [1.807, 2.05) is 27.0 Å². The van der Waals surface area contributed by atoms with Gasteiger partial charge in [-0.3, -0.25) is 4.79 Å². The Labute approximate surface area is 185 Å². The molecule has 2 aromatic rings. The predicted octanol–water partition coefficient (Wildman–Crippen LogP) is 4.68. The van der Waals surface area contributed by atoms with Crippen LogP contribution in [0.4, 0.5) is 5.69 Å². The van der Waals surface area contributed by atoms with Crippen LogP contribution >= 0.6 is 0 Å². The largest absolute Gasteiger partial charge is 0.494 e. The first kappa shape index (κ1) is 21.5. The van der Waals surface area contributed by atoms with Crippen LogP contribution in [0.5, 0.6) is 5.75 Å². The SMILES string of the molecule is CCCOc1cc(C2=CCC=c3[nH]cc(C(=O)C(C)(C)C)c3=C2)cc(N2CCCC2)c1.